The number of hydrogen-bond donors (Lipinski definition) is 0. The first-order chi connectivity index (χ1) is 17.9. The van der Waals surface area contributed by atoms with E-state index in [9.17, 15) is 9.59 Å². The number of fused-ring (bicyclic) bond motifs is 2. The Kier molecular flexibility index (Phi) is 9.29. The molecule has 8 nitrogen and oxygen atoms in total. The summed E-state index contributed by atoms with van der Waals surface area (Å²) in [6, 6.07) is 11.7. The van der Waals surface area contributed by atoms with Crippen LogP contribution in [0, 0.1) is 0 Å². The Morgan fingerprint density at radius 3 is 2.59 bits per heavy atom. The molecule has 0 unspecified atom stereocenters. The molecule has 0 aliphatic carbocycles. The highest BCUT2D eigenvalue weighted by Crippen LogP contribution is 2.38. The molecule has 0 radical (unpaired) electrons. The molecule has 37 heavy (non-hydrogen) atoms. The van der Waals surface area contributed by atoms with Gasteiger partial charge < -0.3 is 24.0 Å². The van der Waals surface area contributed by atoms with Crippen LogP contribution in [0.1, 0.15) is 31.4 Å². The summed E-state index contributed by atoms with van der Waals surface area (Å²) in [5, 5.41) is 0.445. The lowest BCUT2D eigenvalue weighted by Crippen LogP contribution is -2.42. The molecule has 0 saturated carbocycles. The van der Waals surface area contributed by atoms with Crippen molar-refractivity contribution in [2.45, 2.75) is 39.3 Å². The molecule has 0 saturated heterocycles. The largest absolute Gasteiger partial charge is 0.486 e. The second-order valence-electron chi connectivity index (χ2n) is 9.68. The summed E-state index contributed by atoms with van der Waals surface area (Å²) in [7, 11) is 1.53. The van der Waals surface area contributed by atoms with Crippen LogP contribution in [0.4, 0.5) is 5.69 Å². The van der Waals surface area contributed by atoms with Crippen molar-refractivity contribution in [3.05, 3.63) is 52.5 Å². The van der Waals surface area contributed by atoms with Crippen molar-refractivity contribution in [1.82, 2.24) is 9.80 Å². The maximum absolute atomic E-state index is 13.7. The van der Waals surface area contributed by atoms with Crippen molar-refractivity contribution < 1.29 is 23.8 Å². The summed E-state index contributed by atoms with van der Waals surface area (Å²) in [6.45, 7) is 8.38. The third-order valence-electron chi connectivity index (χ3n) is 6.79. The minimum atomic E-state index is -0.0888. The highest BCUT2D eigenvalue weighted by Gasteiger charge is 2.25. The summed E-state index contributed by atoms with van der Waals surface area (Å²) < 4.78 is 16.5. The quantitative estimate of drug-likeness (QED) is 0.587. The van der Waals surface area contributed by atoms with Gasteiger partial charge >= 0.3 is 0 Å². The third kappa shape index (κ3) is 6.74. The van der Waals surface area contributed by atoms with Gasteiger partial charge in [0, 0.05) is 51.6 Å². The number of nitrogens with zero attached hydrogens (tertiary/aromatic N) is 3. The molecule has 2 aliphatic heterocycles. The van der Waals surface area contributed by atoms with Crippen molar-refractivity contribution in [3.8, 4) is 11.5 Å². The molecule has 0 fully saturated rings. The highest BCUT2D eigenvalue weighted by molar-refractivity contribution is 6.32. The molecular formula is C28H36ClN3O5. The summed E-state index contributed by atoms with van der Waals surface area (Å²) in [4.78, 5) is 32.7. The number of carbonyl (C=O) groups is 2. The number of amides is 2. The van der Waals surface area contributed by atoms with E-state index in [0.29, 0.717) is 55.4 Å². The number of para-hydroxylation sites is 1. The lowest BCUT2D eigenvalue weighted by Gasteiger charge is -2.30. The average molecular weight is 530 g/mol. The van der Waals surface area contributed by atoms with Crippen molar-refractivity contribution in [1.29, 1.82) is 0 Å². The summed E-state index contributed by atoms with van der Waals surface area (Å²) in [6.07, 6.45) is 1.01. The minimum absolute atomic E-state index is 0.00967. The van der Waals surface area contributed by atoms with Gasteiger partial charge in [-0.25, -0.2) is 0 Å². The monoisotopic (exact) mass is 529 g/mol. The number of carbonyl (C=O) groups excluding carboxylic acids is 2. The number of anilines is 1. The zero-order chi connectivity index (χ0) is 26.4. The number of methoxy groups -OCH3 is 1. The molecule has 2 aromatic rings. The van der Waals surface area contributed by atoms with Crippen LogP contribution >= 0.6 is 11.6 Å². The Morgan fingerprint density at radius 2 is 1.81 bits per heavy atom. The average Bonchev–Trinajstić information content (AvgIpc) is 2.91. The van der Waals surface area contributed by atoms with Gasteiger partial charge in [0.1, 0.15) is 19.8 Å². The third-order valence-corrected chi connectivity index (χ3v) is 7.07. The second kappa shape index (κ2) is 12.6. The zero-order valence-electron chi connectivity index (χ0n) is 21.9. The van der Waals surface area contributed by atoms with Gasteiger partial charge in [-0.05, 0) is 49.6 Å². The first-order valence-electron chi connectivity index (χ1n) is 12.8. The molecule has 2 amide bonds. The topological polar surface area (TPSA) is 71.6 Å². The van der Waals surface area contributed by atoms with Crippen molar-refractivity contribution in [3.63, 3.8) is 0 Å². The van der Waals surface area contributed by atoms with Crippen LogP contribution in [-0.2, 0) is 27.3 Å². The normalized spacial score (nSPS) is 16.8. The maximum atomic E-state index is 13.7. The van der Waals surface area contributed by atoms with Crippen molar-refractivity contribution in [2.75, 3.05) is 58.0 Å². The van der Waals surface area contributed by atoms with Gasteiger partial charge in [0.05, 0.1) is 11.4 Å². The van der Waals surface area contributed by atoms with Crippen molar-refractivity contribution in [2.24, 2.45) is 0 Å². The highest BCUT2D eigenvalue weighted by atomic mass is 35.5. The van der Waals surface area contributed by atoms with E-state index in [0.717, 1.165) is 36.3 Å². The molecular weight excluding hydrogens is 494 g/mol. The molecule has 9 heteroatoms. The number of benzene rings is 2. The van der Waals surface area contributed by atoms with Crippen LogP contribution in [0.25, 0.3) is 0 Å². The van der Waals surface area contributed by atoms with Crippen LogP contribution in [0.2, 0.25) is 5.02 Å². The standard InChI is InChI=1S/C28H36ClN3O5/c1-20(2)30-9-6-10-32(27(34)19-35-3)24-8-5-4-7-22(24)18-31(12-11-30)26(33)17-21-15-23(29)28-25(16-21)36-13-14-37-28/h4-5,7-8,15-16,20H,6,9-14,17-19H2,1-3H3. The van der Waals surface area contributed by atoms with Crippen LogP contribution in [0.15, 0.2) is 36.4 Å². The molecule has 2 aromatic carbocycles. The predicted molar refractivity (Wildman–Crippen MR) is 144 cm³/mol. The van der Waals surface area contributed by atoms with Gasteiger partial charge in [-0.2, -0.15) is 0 Å². The fourth-order valence-corrected chi connectivity index (χ4v) is 5.14. The van der Waals surface area contributed by atoms with E-state index in [1.165, 1.54) is 7.11 Å². The smallest absolute Gasteiger partial charge is 0.252 e. The van der Waals surface area contributed by atoms with Gasteiger partial charge in [0.15, 0.2) is 11.5 Å². The Bertz CT molecular complexity index is 1110. The van der Waals surface area contributed by atoms with Gasteiger partial charge in [0.25, 0.3) is 5.91 Å². The first kappa shape index (κ1) is 27.2. The fraction of sp³-hybridized carbons (Fsp3) is 0.500. The van der Waals surface area contributed by atoms with Crippen LogP contribution in [0.3, 0.4) is 0 Å². The van der Waals surface area contributed by atoms with Gasteiger partial charge in [-0.15, -0.1) is 0 Å². The van der Waals surface area contributed by atoms with E-state index >= 15 is 0 Å². The van der Waals surface area contributed by atoms with E-state index in [4.69, 9.17) is 25.8 Å². The van der Waals surface area contributed by atoms with Gasteiger partial charge in [-0.1, -0.05) is 29.8 Å². The van der Waals surface area contributed by atoms with E-state index in [1.54, 1.807) is 11.0 Å². The summed E-state index contributed by atoms with van der Waals surface area (Å²) in [5.74, 6) is 0.999. The van der Waals surface area contributed by atoms with Gasteiger partial charge in [-0.3, -0.25) is 14.5 Å². The Labute approximate surface area is 224 Å². The number of ether oxygens (including phenoxy) is 3. The molecule has 0 atom stereocenters. The first-order valence-corrected chi connectivity index (χ1v) is 13.2. The number of halogens is 1. The van der Waals surface area contributed by atoms with E-state index in [2.05, 4.69) is 18.7 Å². The maximum Gasteiger partial charge on any atom is 0.252 e. The Hall–Kier alpha value is -2.81. The molecule has 2 heterocycles. The number of rotatable bonds is 5. The summed E-state index contributed by atoms with van der Waals surface area (Å²) in [5.41, 5.74) is 2.53. The minimum Gasteiger partial charge on any atom is -0.486 e. The Balaban J connectivity index is 1.63. The van der Waals surface area contributed by atoms with Crippen molar-refractivity contribution >= 4 is 29.1 Å². The van der Waals surface area contributed by atoms with Gasteiger partial charge in [0.2, 0.25) is 5.91 Å². The van der Waals surface area contributed by atoms with Crippen LogP contribution in [0.5, 0.6) is 11.5 Å². The lowest BCUT2D eigenvalue weighted by atomic mass is 10.1. The SMILES string of the molecule is COCC(=O)N1CCCN(C(C)C)CCN(C(=O)Cc2cc(Cl)c3c(c2)OCCO3)Cc2ccccc21. The summed E-state index contributed by atoms with van der Waals surface area (Å²) >= 11 is 6.43. The molecule has 0 spiro atoms. The molecule has 0 N–H and O–H groups in total. The Morgan fingerprint density at radius 1 is 1.03 bits per heavy atom. The molecule has 200 valence electrons. The fourth-order valence-electron chi connectivity index (χ4n) is 4.85. The zero-order valence-corrected chi connectivity index (χ0v) is 22.6. The second-order valence-corrected chi connectivity index (χ2v) is 10.1. The van der Waals surface area contributed by atoms with E-state index < -0.39 is 0 Å². The van der Waals surface area contributed by atoms with E-state index in [1.807, 2.05) is 35.2 Å². The molecule has 4 rings (SSSR count). The number of hydrogen-bond acceptors (Lipinski definition) is 6. The lowest BCUT2D eigenvalue weighted by molar-refractivity contribution is -0.131. The predicted octanol–water partition coefficient (Wildman–Crippen LogP) is 3.78. The molecule has 2 aliphatic rings. The van der Waals surface area contributed by atoms with Crippen LogP contribution < -0.4 is 14.4 Å². The molecule has 0 aromatic heterocycles. The van der Waals surface area contributed by atoms with E-state index in [-0.39, 0.29) is 24.8 Å². The van der Waals surface area contributed by atoms with Crippen LogP contribution in [-0.4, -0.2) is 80.8 Å². The molecule has 0 bridgehead atoms.